The normalized spacial score (nSPS) is 18.3. The summed E-state index contributed by atoms with van der Waals surface area (Å²) in [6, 6.07) is 10.4. The van der Waals surface area contributed by atoms with E-state index in [0.29, 0.717) is 50.5 Å². The van der Waals surface area contributed by atoms with Crippen molar-refractivity contribution in [3.8, 4) is 0 Å². The van der Waals surface area contributed by atoms with Crippen molar-refractivity contribution >= 4 is 33.2 Å². The third-order valence-electron chi connectivity index (χ3n) is 5.51. The molecule has 31 heavy (non-hydrogen) atoms. The van der Waals surface area contributed by atoms with Crippen LogP contribution in [0.3, 0.4) is 0 Å². The second-order valence-corrected chi connectivity index (χ2v) is 9.52. The minimum absolute atomic E-state index is 0.0626. The maximum atomic E-state index is 12.7. The van der Waals surface area contributed by atoms with Crippen LogP contribution in [0, 0.1) is 0 Å². The first-order chi connectivity index (χ1) is 14.9. The standard InChI is InChI=1S/C21H25N5O4S/c27-20(23-18-6-1-2-7-19(18)26-10-4-8-21(26)28)16-24-11-13-25(14-12-24)31(29,30)17-5-3-9-22-15-17/h1-3,5-7,9,15H,4,8,10-14,16H2,(H,23,27). The molecule has 0 radical (unpaired) electrons. The average Bonchev–Trinajstić information content (AvgIpc) is 3.21. The maximum Gasteiger partial charge on any atom is 0.244 e. The van der Waals surface area contributed by atoms with Crippen LogP contribution in [-0.2, 0) is 19.6 Å². The zero-order chi connectivity index (χ0) is 21.8. The van der Waals surface area contributed by atoms with Crippen LogP contribution in [-0.4, -0.2) is 73.7 Å². The van der Waals surface area contributed by atoms with E-state index in [1.807, 2.05) is 23.1 Å². The van der Waals surface area contributed by atoms with E-state index in [4.69, 9.17) is 0 Å². The Morgan fingerprint density at radius 1 is 1.03 bits per heavy atom. The first kappa shape index (κ1) is 21.4. The second-order valence-electron chi connectivity index (χ2n) is 7.58. The van der Waals surface area contributed by atoms with Crippen molar-refractivity contribution < 1.29 is 18.0 Å². The molecular weight excluding hydrogens is 418 g/mol. The summed E-state index contributed by atoms with van der Waals surface area (Å²) in [7, 11) is -3.58. The van der Waals surface area contributed by atoms with Gasteiger partial charge in [-0.05, 0) is 30.7 Å². The number of hydrogen-bond acceptors (Lipinski definition) is 6. The summed E-state index contributed by atoms with van der Waals surface area (Å²) in [6.45, 7) is 2.34. The van der Waals surface area contributed by atoms with Gasteiger partial charge in [-0.3, -0.25) is 19.5 Å². The molecule has 3 heterocycles. The molecule has 164 valence electrons. The molecule has 10 heteroatoms. The minimum Gasteiger partial charge on any atom is -0.323 e. The summed E-state index contributed by atoms with van der Waals surface area (Å²) in [5.74, 6) is -0.129. The lowest BCUT2D eigenvalue weighted by Crippen LogP contribution is -2.50. The molecule has 2 aromatic rings. The third-order valence-corrected chi connectivity index (χ3v) is 7.40. The Balaban J connectivity index is 1.34. The van der Waals surface area contributed by atoms with Crippen molar-refractivity contribution in [2.75, 3.05) is 49.5 Å². The van der Waals surface area contributed by atoms with Crippen molar-refractivity contribution in [1.82, 2.24) is 14.2 Å². The summed E-state index contributed by atoms with van der Waals surface area (Å²) in [5.41, 5.74) is 1.33. The molecule has 0 saturated carbocycles. The fraction of sp³-hybridized carbons (Fsp3) is 0.381. The number of pyridine rings is 1. The van der Waals surface area contributed by atoms with E-state index >= 15 is 0 Å². The van der Waals surface area contributed by atoms with E-state index in [9.17, 15) is 18.0 Å². The van der Waals surface area contributed by atoms with E-state index in [1.54, 1.807) is 17.0 Å². The number of hydrogen-bond donors (Lipinski definition) is 1. The van der Waals surface area contributed by atoms with Crippen molar-refractivity contribution in [2.45, 2.75) is 17.7 Å². The Hall–Kier alpha value is -2.82. The highest BCUT2D eigenvalue weighted by Crippen LogP contribution is 2.29. The Bertz CT molecular complexity index is 1050. The lowest BCUT2D eigenvalue weighted by atomic mass is 10.2. The second kappa shape index (κ2) is 9.13. The van der Waals surface area contributed by atoms with Gasteiger partial charge in [0.15, 0.2) is 0 Å². The highest BCUT2D eigenvalue weighted by Gasteiger charge is 2.29. The molecule has 0 aliphatic carbocycles. The molecule has 4 rings (SSSR count). The van der Waals surface area contributed by atoms with E-state index in [0.717, 1.165) is 6.42 Å². The first-order valence-corrected chi connectivity index (χ1v) is 11.7. The zero-order valence-corrected chi connectivity index (χ0v) is 17.9. The number of aromatic nitrogens is 1. The number of piperazine rings is 1. The SMILES string of the molecule is O=C(CN1CCN(S(=O)(=O)c2cccnc2)CC1)Nc1ccccc1N1CCCC1=O. The van der Waals surface area contributed by atoms with Gasteiger partial charge >= 0.3 is 0 Å². The monoisotopic (exact) mass is 443 g/mol. The van der Waals surface area contributed by atoms with E-state index in [2.05, 4.69) is 10.3 Å². The molecule has 9 nitrogen and oxygen atoms in total. The third kappa shape index (κ3) is 4.76. The van der Waals surface area contributed by atoms with Crippen molar-refractivity contribution in [3.05, 3.63) is 48.8 Å². The maximum absolute atomic E-state index is 12.7. The highest BCUT2D eigenvalue weighted by atomic mass is 32.2. The number of para-hydroxylation sites is 2. The zero-order valence-electron chi connectivity index (χ0n) is 17.1. The van der Waals surface area contributed by atoms with E-state index in [1.165, 1.54) is 22.8 Å². The lowest BCUT2D eigenvalue weighted by Gasteiger charge is -2.33. The molecule has 0 atom stereocenters. The van der Waals surface area contributed by atoms with Crippen LogP contribution in [0.2, 0.25) is 0 Å². The molecule has 1 aromatic heterocycles. The van der Waals surface area contributed by atoms with Crippen LogP contribution in [0.1, 0.15) is 12.8 Å². The summed E-state index contributed by atoms with van der Waals surface area (Å²) < 4.78 is 26.8. The number of sulfonamides is 1. The summed E-state index contributed by atoms with van der Waals surface area (Å²) in [5, 5.41) is 2.91. The number of benzene rings is 1. The number of amides is 2. The first-order valence-electron chi connectivity index (χ1n) is 10.3. The molecule has 1 aromatic carbocycles. The minimum atomic E-state index is -3.58. The fourth-order valence-electron chi connectivity index (χ4n) is 3.89. The van der Waals surface area contributed by atoms with Gasteiger partial charge in [-0.15, -0.1) is 0 Å². The topological polar surface area (TPSA) is 103 Å². The number of anilines is 2. The lowest BCUT2D eigenvalue weighted by molar-refractivity contribution is -0.118. The van der Waals surface area contributed by atoms with Crippen LogP contribution in [0.15, 0.2) is 53.7 Å². The Labute approximate surface area is 181 Å². The van der Waals surface area contributed by atoms with Crippen LogP contribution in [0.4, 0.5) is 11.4 Å². The summed E-state index contributed by atoms with van der Waals surface area (Å²) in [4.78, 5) is 32.4. The molecule has 1 N–H and O–H groups in total. The van der Waals surface area contributed by atoms with Gasteiger partial charge in [0.1, 0.15) is 4.90 Å². The van der Waals surface area contributed by atoms with Crippen molar-refractivity contribution in [2.24, 2.45) is 0 Å². The van der Waals surface area contributed by atoms with Crippen LogP contribution in [0.5, 0.6) is 0 Å². The van der Waals surface area contributed by atoms with Crippen LogP contribution >= 0.6 is 0 Å². The van der Waals surface area contributed by atoms with Gasteiger partial charge in [-0.2, -0.15) is 4.31 Å². The molecule has 2 aliphatic heterocycles. The van der Waals surface area contributed by atoms with Crippen LogP contribution in [0.25, 0.3) is 0 Å². The number of nitrogens with zero attached hydrogens (tertiary/aromatic N) is 4. The Morgan fingerprint density at radius 3 is 2.48 bits per heavy atom. The van der Waals surface area contributed by atoms with E-state index in [-0.39, 0.29) is 23.3 Å². The van der Waals surface area contributed by atoms with E-state index < -0.39 is 10.0 Å². The van der Waals surface area contributed by atoms with Crippen LogP contribution < -0.4 is 10.2 Å². The summed E-state index contributed by atoms with van der Waals surface area (Å²) in [6.07, 6.45) is 4.22. The molecule has 0 bridgehead atoms. The highest BCUT2D eigenvalue weighted by molar-refractivity contribution is 7.89. The molecular formula is C21H25N5O4S. The predicted octanol–water partition coefficient (Wildman–Crippen LogP) is 1.15. The van der Waals surface area contributed by atoms with Gasteiger partial charge in [-0.25, -0.2) is 8.42 Å². The van der Waals surface area contributed by atoms with Gasteiger partial charge in [0.25, 0.3) is 0 Å². The van der Waals surface area contributed by atoms with Gasteiger partial charge in [0.2, 0.25) is 21.8 Å². The molecule has 2 saturated heterocycles. The quantitative estimate of drug-likeness (QED) is 0.719. The molecule has 2 fully saturated rings. The van der Waals surface area contributed by atoms with Crippen molar-refractivity contribution in [3.63, 3.8) is 0 Å². The molecule has 0 spiro atoms. The van der Waals surface area contributed by atoms with Gasteiger partial charge in [0.05, 0.1) is 17.9 Å². The number of nitrogens with one attached hydrogen (secondary N) is 1. The number of carbonyl (C=O) groups is 2. The van der Waals surface area contributed by atoms with Gasteiger partial charge in [-0.1, -0.05) is 12.1 Å². The largest absolute Gasteiger partial charge is 0.323 e. The van der Waals surface area contributed by atoms with Crippen molar-refractivity contribution in [1.29, 1.82) is 0 Å². The number of rotatable bonds is 6. The van der Waals surface area contributed by atoms with Gasteiger partial charge in [0, 0.05) is 51.5 Å². The number of carbonyl (C=O) groups excluding carboxylic acids is 2. The van der Waals surface area contributed by atoms with Gasteiger partial charge < -0.3 is 10.2 Å². The summed E-state index contributed by atoms with van der Waals surface area (Å²) >= 11 is 0. The Morgan fingerprint density at radius 2 is 1.81 bits per heavy atom. The molecule has 2 aliphatic rings. The molecule has 2 amide bonds. The fourth-order valence-corrected chi connectivity index (χ4v) is 5.27. The smallest absolute Gasteiger partial charge is 0.244 e. The Kier molecular flexibility index (Phi) is 6.30. The average molecular weight is 444 g/mol. The predicted molar refractivity (Wildman–Crippen MR) is 116 cm³/mol. The molecule has 0 unspecified atom stereocenters.